The molecule has 1 N–H and O–H groups in total. The van der Waals surface area contributed by atoms with E-state index in [4.69, 9.17) is 4.74 Å². The lowest BCUT2D eigenvalue weighted by Gasteiger charge is -2.03. The zero-order valence-electron chi connectivity index (χ0n) is 12.6. The van der Waals surface area contributed by atoms with Gasteiger partial charge in [-0.2, -0.15) is 0 Å². The van der Waals surface area contributed by atoms with Crippen molar-refractivity contribution in [1.29, 1.82) is 0 Å². The van der Waals surface area contributed by atoms with Crippen LogP contribution < -0.4 is 10.1 Å². The lowest BCUT2D eigenvalue weighted by Crippen LogP contribution is -2.11. The number of fused-ring (bicyclic) bond motifs is 1. The van der Waals surface area contributed by atoms with Crippen LogP contribution in [0.2, 0.25) is 0 Å². The number of carbonyl (C=O) groups is 1. The second-order valence-electron chi connectivity index (χ2n) is 5.08. The third-order valence-corrected chi connectivity index (χ3v) is 4.62. The fourth-order valence-electron chi connectivity index (χ4n) is 2.22. The van der Waals surface area contributed by atoms with Gasteiger partial charge in [0.25, 0.3) is 5.91 Å². The number of nitrogens with one attached hydrogen (secondary N) is 1. The van der Waals surface area contributed by atoms with E-state index in [9.17, 15) is 4.79 Å². The summed E-state index contributed by atoms with van der Waals surface area (Å²) >= 11 is 1.50. The number of carbonyl (C=O) groups excluding carboxylic acids is 1. The molecule has 22 heavy (non-hydrogen) atoms. The molecule has 1 heterocycles. The maximum atomic E-state index is 12.3. The van der Waals surface area contributed by atoms with E-state index in [1.54, 1.807) is 31.4 Å². The molecule has 0 bridgehead atoms. The van der Waals surface area contributed by atoms with E-state index in [2.05, 4.69) is 23.3 Å². The summed E-state index contributed by atoms with van der Waals surface area (Å²) < 4.78 is 6.21. The van der Waals surface area contributed by atoms with Crippen molar-refractivity contribution in [3.63, 3.8) is 0 Å². The van der Waals surface area contributed by atoms with Crippen LogP contribution in [-0.4, -0.2) is 18.0 Å². The smallest absolute Gasteiger partial charge is 0.257 e. The molecule has 3 aromatic rings. The predicted molar refractivity (Wildman–Crippen MR) is 90.0 cm³/mol. The van der Waals surface area contributed by atoms with Gasteiger partial charge in [0.15, 0.2) is 5.13 Å². The number of benzene rings is 2. The minimum Gasteiger partial charge on any atom is -0.497 e. The summed E-state index contributed by atoms with van der Waals surface area (Å²) in [6.07, 6.45) is 0. The number of aromatic nitrogens is 1. The normalized spacial score (nSPS) is 10.7. The topological polar surface area (TPSA) is 51.2 Å². The first-order chi connectivity index (χ1) is 10.6. The maximum Gasteiger partial charge on any atom is 0.257 e. The minimum absolute atomic E-state index is 0.169. The lowest BCUT2D eigenvalue weighted by atomic mass is 10.1. The quantitative estimate of drug-likeness (QED) is 0.789. The Morgan fingerprint density at radius 1 is 1.09 bits per heavy atom. The molecule has 0 aliphatic rings. The van der Waals surface area contributed by atoms with Crippen LogP contribution >= 0.6 is 11.3 Å². The highest BCUT2D eigenvalue weighted by molar-refractivity contribution is 7.22. The van der Waals surface area contributed by atoms with Crippen LogP contribution in [0.3, 0.4) is 0 Å². The minimum atomic E-state index is -0.169. The van der Waals surface area contributed by atoms with E-state index in [0.29, 0.717) is 10.7 Å². The Balaban J connectivity index is 1.87. The zero-order chi connectivity index (χ0) is 15.7. The predicted octanol–water partition coefficient (Wildman–Crippen LogP) is 4.17. The van der Waals surface area contributed by atoms with Crippen molar-refractivity contribution in [2.24, 2.45) is 0 Å². The number of hydrogen-bond donors (Lipinski definition) is 1. The molecule has 0 aliphatic heterocycles. The summed E-state index contributed by atoms with van der Waals surface area (Å²) in [7, 11) is 1.60. The molecular formula is C17H16N2O2S. The third-order valence-electron chi connectivity index (χ3n) is 3.51. The highest BCUT2D eigenvalue weighted by Crippen LogP contribution is 2.31. The number of hydrogen-bond acceptors (Lipinski definition) is 4. The summed E-state index contributed by atoms with van der Waals surface area (Å²) in [6, 6.07) is 11.1. The van der Waals surface area contributed by atoms with E-state index in [0.717, 1.165) is 21.5 Å². The SMILES string of the molecule is COc1ccc(C(=O)Nc2nc3c(C)ccc(C)c3s2)cc1. The first-order valence-electron chi connectivity index (χ1n) is 6.90. The van der Waals surface area contributed by atoms with Crippen LogP contribution in [-0.2, 0) is 0 Å². The summed E-state index contributed by atoms with van der Waals surface area (Å²) in [6.45, 7) is 4.07. The largest absolute Gasteiger partial charge is 0.497 e. The van der Waals surface area contributed by atoms with E-state index in [1.807, 2.05) is 13.0 Å². The molecule has 0 spiro atoms. The van der Waals surface area contributed by atoms with Crippen molar-refractivity contribution < 1.29 is 9.53 Å². The molecule has 1 amide bonds. The molecular weight excluding hydrogens is 296 g/mol. The standard InChI is InChI=1S/C17H16N2O2S/c1-10-4-5-11(2)15-14(10)18-17(22-15)19-16(20)12-6-8-13(21-3)9-7-12/h4-9H,1-3H3,(H,18,19,20). The molecule has 2 aromatic carbocycles. The van der Waals surface area contributed by atoms with Crippen molar-refractivity contribution >= 4 is 32.6 Å². The Morgan fingerprint density at radius 3 is 2.41 bits per heavy atom. The molecule has 0 fully saturated rings. The molecule has 0 atom stereocenters. The molecule has 0 radical (unpaired) electrons. The molecule has 0 saturated heterocycles. The first-order valence-corrected chi connectivity index (χ1v) is 7.72. The van der Waals surface area contributed by atoms with Crippen LogP contribution in [0.25, 0.3) is 10.2 Å². The summed E-state index contributed by atoms with van der Waals surface area (Å²) in [5.74, 6) is 0.555. The Morgan fingerprint density at radius 2 is 1.77 bits per heavy atom. The number of aryl methyl sites for hydroxylation is 2. The fourth-order valence-corrected chi connectivity index (χ4v) is 3.23. The summed E-state index contributed by atoms with van der Waals surface area (Å²) in [5, 5.41) is 3.49. The second kappa shape index (κ2) is 5.77. The molecule has 0 saturated carbocycles. The number of amides is 1. The van der Waals surface area contributed by atoms with Gasteiger partial charge in [-0.25, -0.2) is 4.98 Å². The Labute approximate surface area is 132 Å². The van der Waals surface area contributed by atoms with Gasteiger partial charge in [0, 0.05) is 5.56 Å². The average Bonchev–Trinajstić information content (AvgIpc) is 2.96. The van der Waals surface area contributed by atoms with E-state index >= 15 is 0 Å². The van der Waals surface area contributed by atoms with Crippen LogP contribution in [0.5, 0.6) is 5.75 Å². The maximum absolute atomic E-state index is 12.3. The Kier molecular flexibility index (Phi) is 3.81. The van der Waals surface area contributed by atoms with Gasteiger partial charge >= 0.3 is 0 Å². The van der Waals surface area contributed by atoms with E-state index < -0.39 is 0 Å². The van der Waals surface area contributed by atoms with Gasteiger partial charge in [0.2, 0.25) is 0 Å². The van der Waals surface area contributed by atoms with Crippen LogP contribution in [0.4, 0.5) is 5.13 Å². The van der Waals surface area contributed by atoms with Crippen molar-refractivity contribution in [1.82, 2.24) is 4.98 Å². The van der Waals surface area contributed by atoms with Gasteiger partial charge in [-0.1, -0.05) is 23.5 Å². The monoisotopic (exact) mass is 312 g/mol. The Bertz CT molecular complexity index is 799. The number of methoxy groups -OCH3 is 1. The number of thiazole rings is 1. The van der Waals surface area contributed by atoms with Crippen LogP contribution in [0, 0.1) is 13.8 Å². The van der Waals surface area contributed by atoms with E-state index in [1.165, 1.54) is 16.9 Å². The summed E-state index contributed by atoms with van der Waals surface area (Å²) in [4.78, 5) is 16.8. The van der Waals surface area contributed by atoms with Gasteiger partial charge in [-0.15, -0.1) is 0 Å². The van der Waals surface area contributed by atoms with Gasteiger partial charge in [0.05, 0.1) is 17.3 Å². The van der Waals surface area contributed by atoms with Crippen molar-refractivity contribution in [2.75, 3.05) is 12.4 Å². The first kappa shape index (κ1) is 14.5. The highest BCUT2D eigenvalue weighted by atomic mass is 32.1. The molecule has 1 aromatic heterocycles. The van der Waals surface area contributed by atoms with Gasteiger partial charge in [-0.05, 0) is 49.2 Å². The lowest BCUT2D eigenvalue weighted by molar-refractivity contribution is 0.102. The second-order valence-corrected chi connectivity index (χ2v) is 6.08. The Hall–Kier alpha value is -2.40. The van der Waals surface area contributed by atoms with Crippen LogP contribution in [0.1, 0.15) is 21.5 Å². The summed E-state index contributed by atoms with van der Waals surface area (Å²) in [5.41, 5.74) is 3.81. The molecule has 5 heteroatoms. The number of rotatable bonds is 3. The van der Waals surface area contributed by atoms with Crippen molar-refractivity contribution in [3.05, 3.63) is 53.1 Å². The average molecular weight is 312 g/mol. The van der Waals surface area contributed by atoms with Crippen molar-refractivity contribution in [2.45, 2.75) is 13.8 Å². The van der Waals surface area contributed by atoms with Crippen LogP contribution in [0.15, 0.2) is 36.4 Å². The number of nitrogens with zero attached hydrogens (tertiary/aromatic N) is 1. The van der Waals surface area contributed by atoms with Gasteiger partial charge < -0.3 is 4.74 Å². The molecule has 4 nitrogen and oxygen atoms in total. The number of ether oxygens (including phenoxy) is 1. The zero-order valence-corrected chi connectivity index (χ0v) is 13.5. The molecule has 0 aliphatic carbocycles. The number of anilines is 1. The van der Waals surface area contributed by atoms with Gasteiger partial charge in [-0.3, -0.25) is 10.1 Å². The van der Waals surface area contributed by atoms with Crippen molar-refractivity contribution in [3.8, 4) is 5.75 Å². The fraction of sp³-hybridized carbons (Fsp3) is 0.176. The highest BCUT2D eigenvalue weighted by Gasteiger charge is 2.12. The molecule has 0 unspecified atom stereocenters. The van der Waals surface area contributed by atoms with E-state index in [-0.39, 0.29) is 5.91 Å². The molecule has 112 valence electrons. The van der Waals surface area contributed by atoms with Gasteiger partial charge in [0.1, 0.15) is 5.75 Å². The third kappa shape index (κ3) is 2.67. The molecule has 3 rings (SSSR count).